The summed E-state index contributed by atoms with van der Waals surface area (Å²) in [7, 11) is 0. The van der Waals surface area contributed by atoms with Crippen molar-refractivity contribution in [2.75, 3.05) is 5.32 Å². The molecule has 8 nitrogen and oxygen atoms in total. The molecular weight excluding hydrogens is 254 g/mol. The van der Waals surface area contributed by atoms with E-state index in [1.807, 2.05) is 0 Å². The van der Waals surface area contributed by atoms with Gasteiger partial charge in [-0.15, -0.1) is 0 Å². The lowest BCUT2D eigenvalue weighted by Crippen LogP contribution is -2.45. The van der Waals surface area contributed by atoms with Crippen molar-refractivity contribution in [3.05, 3.63) is 33.9 Å². The van der Waals surface area contributed by atoms with Crippen LogP contribution in [0.3, 0.4) is 0 Å². The molecular formula is C11H13N3O5. The first-order valence-electron chi connectivity index (χ1n) is 5.25. The van der Waals surface area contributed by atoms with Crippen LogP contribution in [0.1, 0.15) is 24.2 Å². The van der Waals surface area contributed by atoms with E-state index < -0.39 is 22.3 Å². The number of aromatic carboxylic acids is 1. The number of nitro benzene ring substituents is 1. The first kappa shape index (κ1) is 14.4. The zero-order valence-corrected chi connectivity index (χ0v) is 10.3. The van der Waals surface area contributed by atoms with Crippen molar-refractivity contribution in [1.29, 1.82) is 0 Å². The molecule has 8 heteroatoms. The third kappa shape index (κ3) is 3.18. The maximum Gasteiger partial charge on any atom is 0.335 e. The first-order chi connectivity index (χ1) is 8.65. The Bertz CT molecular complexity index is 553. The van der Waals surface area contributed by atoms with Gasteiger partial charge in [-0.25, -0.2) is 4.79 Å². The topological polar surface area (TPSA) is 136 Å². The molecule has 0 radical (unpaired) electrons. The lowest BCUT2D eigenvalue weighted by Gasteiger charge is -2.23. The number of hydrogen-bond donors (Lipinski definition) is 3. The zero-order valence-electron chi connectivity index (χ0n) is 10.3. The average molecular weight is 267 g/mol. The lowest BCUT2D eigenvalue weighted by molar-refractivity contribution is -0.384. The molecule has 0 heterocycles. The predicted octanol–water partition coefficient (Wildman–Crippen LogP) is 0.969. The molecule has 0 saturated heterocycles. The molecule has 1 amide bonds. The number of nitro groups is 1. The predicted molar refractivity (Wildman–Crippen MR) is 67.0 cm³/mol. The molecule has 0 aliphatic rings. The molecule has 4 N–H and O–H groups in total. The van der Waals surface area contributed by atoms with Gasteiger partial charge in [-0.05, 0) is 26.0 Å². The van der Waals surface area contributed by atoms with E-state index in [2.05, 4.69) is 5.32 Å². The number of primary amides is 1. The number of anilines is 1. The maximum atomic E-state index is 11.2. The molecule has 0 aliphatic heterocycles. The van der Waals surface area contributed by atoms with Crippen LogP contribution in [-0.4, -0.2) is 27.4 Å². The highest BCUT2D eigenvalue weighted by Crippen LogP contribution is 2.28. The van der Waals surface area contributed by atoms with Gasteiger partial charge < -0.3 is 16.2 Å². The standard InChI is InChI=1S/C11H13N3O5/c1-11(2,10(12)17)13-7-5-6(9(15)16)3-4-8(7)14(18)19/h3-5,13H,1-2H3,(H2,12,17)(H,15,16). The van der Waals surface area contributed by atoms with E-state index in [1.54, 1.807) is 0 Å². The molecule has 0 saturated carbocycles. The van der Waals surface area contributed by atoms with Gasteiger partial charge in [0.2, 0.25) is 5.91 Å². The highest BCUT2D eigenvalue weighted by atomic mass is 16.6. The number of nitrogens with two attached hydrogens (primary N) is 1. The maximum absolute atomic E-state index is 11.2. The minimum atomic E-state index is -1.25. The number of nitrogens with zero attached hydrogens (tertiary/aromatic N) is 1. The van der Waals surface area contributed by atoms with E-state index in [-0.39, 0.29) is 16.9 Å². The smallest absolute Gasteiger partial charge is 0.335 e. The number of amides is 1. The summed E-state index contributed by atoms with van der Waals surface area (Å²) >= 11 is 0. The number of carboxylic acid groups (broad SMARTS) is 1. The normalized spacial score (nSPS) is 10.8. The van der Waals surface area contributed by atoms with Crippen molar-refractivity contribution < 1.29 is 19.6 Å². The second kappa shape index (κ2) is 4.92. The highest BCUT2D eigenvalue weighted by Gasteiger charge is 2.28. The van der Waals surface area contributed by atoms with Crippen LogP contribution in [0.25, 0.3) is 0 Å². The lowest BCUT2D eigenvalue weighted by atomic mass is 10.0. The SMILES string of the molecule is CC(C)(Nc1cc(C(=O)O)ccc1[N+](=O)[O-])C(N)=O. The Morgan fingerprint density at radius 1 is 1.42 bits per heavy atom. The van der Waals surface area contributed by atoms with Crippen LogP contribution in [0.5, 0.6) is 0 Å². The molecule has 1 aromatic rings. The van der Waals surface area contributed by atoms with E-state index in [9.17, 15) is 19.7 Å². The molecule has 0 atom stereocenters. The number of benzene rings is 1. The number of rotatable bonds is 5. The van der Waals surface area contributed by atoms with Gasteiger partial charge in [0.15, 0.2) is 0 Å². The van der Waals surface area contributed by atoms with Gasteiger partial charge in [0, 0.05) is 6.07 Å². The molecule has 0 unspecified atom stereocenters. The molecule has 1 aromatic carbocycles. The molecule has 102 valence electrons. The Morgan fingerprint density at radius 2 is 2.00 bits per heavy atom. The monoisotopic (exact) mass is 267 g/mol. The van der Waals surface area contributed by atoms with Crippen LogP contribution < -0.4 is 11.1 Å². The van der Waals surface area contributed by atoms with Crippen LogP contribution >= 0.6 is 0 Å². The third-order valence-electron chi connectivity index (χ3n) is 2.50. The van der Waals surface area contributed by atoms with Crippen molar-refractivity contribution >= 4 is 23.3 Å². The fraction of sp³-hybridized carbons (Fsp3) is 0.273. The summed E-state index contributed by atoms with van der Waals surface area (Å²) in [5.41, 5.74) is 3.37. The van der Waals surface area contributed by atoms with E-state index in [0.29, 0.717) is 0 Å². The summed E-state index contributed by atoms with van der Waals surface area (Å²) in [4.78, 5) is 32.2. The van der Waals surface area contributed by atoms with E-state index in [0.717, 1.165) is 18.2 Å². The summed E-state index contributed by atoms with van der Waals surface area (Å²) in [5, 5.41) is 22.3. The van der Waals surface area contributed by atoms with Crippen molar-refractivity contribution in [2.45, 2.75) is 19.4 Å². The van der Waals surface area contributed by atoms with Gasteiger partial charge in [0.05, 0.1) is 10.5 Å². The molecule has 19 heavy (non-hydrogen) atoms. The molecule has 0 spiro atoms. The van der Waals surface area contributed by atoms with E-state index in [1.165, 1.54) is 13.8 Å². The summed E-state index contributed by atoms with van der Waals surface area (Å²) < 4.78 is 0. The molecule has 0 fully saturated rings. The van der Waals surface area contributed by atoms with E-state index in [4.69, 9.17) is 10.8 Å². The summed E-state index contributed by atoms with van der Waals surface area (Å²) in [6.45, 7) is 2.87. The Balaban J connectivity index is 3.29. The number of carboxylic acids is 1. The minimum Gasteiger partial charge on any atom is -0.478 e. The van der Waals surface area contributed by atoms with Crippen LogP contribution in [-0.2, 0) is 4.79 Å². The molecule has 1 rings (SSSR count). The second-order valence-electron chi connectivity index (χ2n) is 4.41. The summed E-state index contributed by atoms with van der Waals surface area (Å²) in [6.07, 6.45) is 0. The average Bonchev–Trinajstić information content (AvgIpc) is 2.27. The van der Waals surface area contributed by atoms with Crippen molar-refractivity contribution in [2.24, 2.45) is 5.73 Å². The van der Waals surface area contributed by atoms with Gasteiger partial charge in [0.1, 0.15) is 11.2 Å². The third-order valence-corrected chi connectivity index (χ3v) is 2.50. The van der Waals surface area contributed by atoms with Gasteiger partial charge in [-0.3, -0.25) is 14.9 Å². The Labute approximate surface area is 108 Å². The van der Waals surface area contributed by atoms with Gasteiger partial charge in [-0.2, -0.15) is 0 Å². The van der Waals surface area contributed by atoms with Crippen molar-refractivity contribution in [3.63, 3.8) is 0 Å². The molecule has 0 aromatic heterocycles. The number of hydrogen-bond acceptors (Lipinski definition) is 5. The van der Waals surface area contributed by atoms with Crippen LogP contribution in [0.15, 0.2) is 18.2 Å². The van der Waals surface area contributed by atoms with Crippen molar-refractivity contribution in [1.82, 2.24) is 0 Å². The fourth-order valence-electron chi connectivity index (χ4n) is 1.33. The molecule has 0 aliphatic carbocycles. The zero-order chi connectivity index (χ0) is 14.8. The Hall–Kier alpha value is -2.64. The van der Waals surface area contributed by atoms with Gasteiger partial charge >= 0.3 is 5.97 Å². The first-order valence-corrected chi connectivity index (χ1v) is 5.25. The van der Waals surface area contributed by atoms with Crippen LogP contribution in [0, 0.1) is 10.1 Å². The van der Waals surface area contributed by atoms with Crippen molar-refractivity contribution in [3.8, 4) is 0 Å². The number of carbonyl (C=O) groups excluding carboxylic acids is 1. The van der Waals surface area contributed by atoms with Crippen LogP contribution in [0.2, 0.25) is 0 Å². The minimum absolute atomic E-state index is 0.0753. The molecule has 0 bridgehead atoms. The largest absolute Gasteiger partial charge is 0.478 e. The second-order valence-corrected chi connectivity index (χ2v) is 4.41. The van der Waals surface area contributed by atoms with E-state index >= 15 is 0 Å². The summed E-state index contributed by atoms with van der Waals surface area (Å²) in [5.74, 6) is -1.95. The summed E-state index contributed by atoms with van der Waals surface area (Å²) in [6, 6.07) is 3.26. The quantitative estimate of drug-likeness (QED) is 0.537. The van der Waals surface area contributed by atoms with Crippen LogP contribution in [0.4, 0.5) is 11.4 Å². The highest BCUT2D eigenvalue weighted by molar-refractivity contribution is 5.92. The Morgan fingerprint density at radius 3 is 2.42 bits per heavy atom. The fourth-order valence-corrected chi connectivity index (χ4v) is 1.33. The van der Waals surface area contributed by atoms with Gasteiger partial charge in [0.25, 0.3) is 5.69 Å². The number of nitrogens with one attached hydrogen (secondary N) is 1. The van der Waals surface area contributed by atoms with Gasteiger partial charge in [-0.1, -0.05) is 0 Å². The Kier molecular flexibility index (Phi) is 3.74. The number of carbonyl (C=O) groups is 2.